The number of nitrogens with one attached hydrogen (secondary N) is 1. The minimum Gasteiger partial charge on any atom is -0.382 e. The summed E-state index contributed by atoms with van der Waals surface area (Å²) in [5.41, 5.74) is 1.03. The number of amides is 1. The number of rotatable bonds is 10. The summed E-state index contributed by atoms with van der Waals surface area (Å²) in [6, 6.07) is 0. The highest BCUT2D eigenvalue weighted by molar-refractivity contribution is 8.06. The third-order valence-electron chi connectivity index (χ3n) is 3.64. The van der Waals surface area contributed by atoms with E-state index >= 15 is 0 Å². The number of alkyl halides is 1. The van der Waals surface area contributed by atoms with Gasteiger partial charge in [0.05, 0.1) is 13.1 Å². The SMILES string of the molecule is C=CSC(=C)/C(=C\NCC(=O)N1CCC(F)C1)CN(C)CCC. The number of nitrogens with zero attached hydrogens (tertiary/aromatic N) is 2. The van der Waals surface area contributed by atoms with E-state index < -0.39 is 6.17 Å². The topological polar surface area (TPSA) is 35.6 Å². The normalized spacial score (nSPS) is 18.3. The molecule has 130 valence electrons. The number of likely N-dealkylation sites (N-methyl/N-ethyl adjacent to an activating group) is 1. The molecule has 1 rings (SSSR count). The Morgan fingerprint density at radius 2 is 2.30 bits per heavy atom. The minimum atomic E-state index is -0.878. The molecule has 0 aromatic rings. The van der Waals surface area contributed by atoms with Gasteiger partial charge in [0.1, 0.15) is 6.17 Å². The molecule has 0 aromatic carbocycles. The van der Waals surface area contributed by atoms with Crippen molar-refractivity contribution in [3.8, 4) is 0 Å². The van der Waals surface area contributed by atoms with Gasteiger partial charge in [0.15, 0.2) is 0 Å². The van der Waals surface area contributed by atoms with Gasteiger partial charge >= 0.3 is 0 Å². The number of carbonyl (C=O) groups is 1. The van der Waals surface area contributed by atoms with E-state index in [0.29, 0.717) is 13.0 Å². The largest absolute Gasteiger partial charge is 0.382 e. The second kappa shape index (κ2) is 10.5. The zero-order chi connectivity index (χ0) is 17.2. The fraction of sp³-hybridized carbons (Fsp3) is 0.588. The molecule has 0 aromatic heterocycles. The lowest BCUT2D eigenvalue weighted by Gasteiger charge is -2.19. The maximum Gasteiger partial charge on any atom is 0.241 e. The molecule has 1 saturated heterocycles. The van der Waals surface area contributed by atoms with Gasteiger partial charge in [0, 0.05) is 24.2 Å². The molecule has 23 heavy (non-hydrogen) atoms. The Bertz CT molecular complexity index is 453. The highest BCUT2D eigenvalue weighted by Crippen LogP contribution is 2.22. The van der Waals surface area contributed by atoms with E-state index in [2.05, 4.69) is 37.3 Å². The molecule has 6 heteroatoms. The molecule has 1 N–H and O–H groups in total. The Morgan fingerprint density at radius 1 is 1.57 bits per heavy atom. The Morgan fingerprint density at radius 3 is 2.87 bits per heavy atom. The summed E-state index contributed by atoms with van der Waals surface area (Å²) in [5, 5.41) is 4.80. The fourth-order valence-electron chi connectivity index (χ4n) is 2.46. The number of likely N-dealkylation sites (tertiary alicyclic amines) is 1. The first-order valence-electron chi connectivity index (χ1n) is 7.97. The van der Waals surface area contributed by atoms with E-state index in [1.54, 1.807) is 10.3 Å². The Balaban J connectivity index is 2.55. The fourth-order valence-corrected chi connectivity index (χ4v) is 2.94. The molecule has 1 heterocycles. The molecule has 0 aliphatic carbocycles. The molecule has 1 fully saturated rings. The van der Waals surface area contributed by atoms with Crippen molar-refractivity contribution in [2.45, 2.75) is 25.9 Å². The van der Waals surface area contributed by atoms with Gasteiger partial charge in [-0.25, -0.2) is 4.39 Å². The zero-order valence-electron chi connectivity index (χ0n) is 14.2. The van der Waals surface area contributed by atoms with E-state index in [-0.39, 0.29) is 19.0 Å². The van der Waals surface area contributed by atoms with Crippen LogP contribution in [0.2, 0.25) is 0 Å². The van der Waals surface area contributed by atoms with E-state index in [1.807, 2.05) is 6.20 Å². The number of halogens is 1. The van der Waals surface area contributed by atoms with Crippen molar-refractivity contribution in [1.82, 2.24) is 15.1 Å². The molecule has 0 saturated carbocycles. The molecule has 1 amide bonds. The number of carbonyl (C=O) groups excluding carboxylic acids is 1. The quantitative estimate of drug-likeness (QED) is 0.620. The third-order valence-corrected chi connectivity index (χ3v) is 4.36. The molecule has 1 aliphatic rings. The van der Waals surface area contributed by atoms with Crippen molar-refractivity contribution in [1.29, 1.82) is 0 Å². The van der Waals surface area contributed by atoms with Gasteiger partial charge in [0.2, 0.25) is 5.91 Å². The molecule has 1 atom stereocenters. The van der Waals surface area contributed by atoms with Crippen LogP contribution in [0.25, 0.3) is 0 Å². The van der Waals surface area contributed by atoms with Crippen molar-refractivity contribution >= 4 is 17.7 Å². The minimum absolute atomic E-state index is 0.0651. The van der Waals surface area contributed by atoms with Gasteiger partial charge in [-0.1, -0.05) is 31.8 Å². The first kappa shape index (κ1) is 19.8. The molecule has 4 nitrogen and oxygen atoms in total. The Kier molecular flexibility index (Phi) is 9.02. The predicted octanol–water partition coefficient (Wildman–Crippen LogP) is 2.76. The first-order chi connectivity index (χ1) is 11.0. The second-order valence-electron chi connectivity index (χ2n) is 5.72. The molecule has 0 spiro atoms. The second-order valence-corrected chi connectivity index (χ2v) is 6.78. The van der Waals surface area contributed by atoms with Gasteiger partial charge in [0.25, 0.3) is 0 Å². The van der Waals surface area contributed by atoms with Gasteiger partial charge in [-0.15, -0.1) is 0 Å². The maximum atomic E-state index is 13.1. The van der Waals surface area contributed by atoms with E-state index in [1.165, 1.54) is 11.8 Å². The van der Waals surface area contributed by atoms with Crippen molar-refractivity contribution in [2.75, 3.05) is 39.8 Å². The van der Waals surface area contributed by atoms with Crippen LogP contribution < -0.4 is 5.32 Å². The van der Waals surface area contributed by atoms with Crippen molar-refractivity contribution < 1.29 is 9.18 Å². The number of hydrogen-bond acceptors (Lipinski definition) is 4. The summed E-state index contributed by atoms with van der Waals surface area (Å²) in [6.07, 6.45) is 2.49. The average Bonchev–Trinajstić information content (AvgIpc) is 2.93. The Labute approximate surface area is 143 Å². The highest BCUT2D eigenvalue weighted by Gasteiger charge is 2.25. The van der Waals surface area contributed by atoms with Crippen LogP contribution in [0.3, 0.4) is 0 Å². The summed E-state index contributed by atoms with van der Waals surface area (Å²) < 4.78 is 13.1. The molecule has 1 unspecified atom stereocenters. The highest BCUT2D eigenvalue weighted by atomic mass is 32.2. The van der Waals surface area contributed by atoms with Gasteiger partial charge < -0.3 is 15.1 Å². The average molecular weight is 341 g/mol. The summed E-state index contributed by atoms with van der Waals surface area (Å²) in [7, 11) is 2.06. The van der Waals surface area contributed by atoms with Gasteiger partial charge in [-0.3, -0.25) is 4.79 Å². The summed E-state index contributed by atoms with van der Waals surface area (Å²) >= 11 is 1.47. The zero-order valence-corrected chi connectivity index (χ0v) is 15.0. The van der Waals surface area contributed by atoms with Crippen molar-refractivity contribution in [3.63, 3.8) is 0 Å². The van der Waals surface area contributed by atoms with Crippen LogP contribution in [0, 0.1) is 0 Å². The molecular weight excluding hydrogens is 313 g/mol. The third kappa shape index (κ3) is 7.22. The van der Waals surface area contributed by atoms with E-state index in [4.69, 9.17) is 0 Å². The van der Waals surface area contributed by atoms with Crippen LogP contribution in [0.5, 0.6) is 0 Å². The van der Waals surface area contributed by atoms with Gasteiger partial charge in [-0.2, -0.15) is 0 Å². The maximum absolute atomic E-state index is 13.1. The van der Waals surface area contributed by atoms with Crippen LogP contribution in [-0.2, 0) is 4.79 Å². The predicted molar refractivity (Wildman–Crippen MR) is 96.9 cm³/mol. The van der Waals surface area contributed by atoms with Crippen LogP contribution in [0.15, 0.2) is 35.2 Å². The van der Waals surface area contributed by atoms with Crippen LogP contribution in [-0.4, -0.2) is 61.7 Å². The van der Waals surface area contributed by atoms with E-state index in [9.17, 15) is 9.18 Å². The van der Waals surface area contributed by atoms with Crippen LogP contribution in [0.1, 0.15) is 19.8 Å². The molecule has 0 radical (unpaired) electrons. The lowest BCUT2D eigenvalue weighted by molar-refractivity contribution is -0.129. The summed E-state index contributed by atoms with van der Waals surface area (Å²) in [5.74, 6) is -0.0651. The first-order valence-corrected chi connectivity index (χ1v) is 8.85. The summed E-state index contributed by atoms with van der Waals surface area (Å²) in [4.78, 5) is 16.7. The van der Waals surface area contributed by atoms with Crippen LogP contribution in [0.4, 0.5) is 4.39 Å². The van der Waals surface area contributed by atoms with E-state index in [0.717, 1.165) is 30.0 Å². The molecule has 0 bridgehead atoms. The monoisotopic (exact) mass is 341 g/mol. The molecular formula is C17H28FN3OS. The number of thioether (sulfide) groups is 1. The van der Waals surface area contributed by atoms with Crippen molar-refractivity contribution in [3.05, 3.63) is 35.2 Å². The van der Waals surface area contributed by atoms with Gasteiger partial charge in [-0.05, 0) is 37.4 Å². The standard InChI is InChI=1S/C17H28FN3OS/c1-5-8-20(4)12-15(14(3)23-6-2)10-19-11-17(22)21-9-7-16(18)13-21/h6,10,16,19H,2-3,5,7-9,11-13H2,1,4H3/b15-10-. The van der Waals surface area contributed by atoms with Crippen molar-refractivity contribution in [2.24, 2.45) is 0 Å². The lowest BCUT2D eigenvalue weighted by Crippen LogP contribution is -2.35. The summed E-state index contributed by atoms with van der Waals surface area (Å²) in [6.45, 7) is 12.6. The van der Waals surface area contributed by atoms with Crippen LogP contribution >= 0.6 is 11.8 Å². The lowest BCUT2D eigenvalue weighted by atomic mass is 10.2. The smallest absolute Gasteiger partial charge is 0.241 e. The number of hydrogen-bond donors (Lipinski definition) is 1. The Hall–Kier alpha value is -1.27. The molecule has 1 aliphatic heterocycles.